The van der Waals surface area contributed by atoms with Gasteiger partial charge in [0.15, 0.2) is 0 Å². The van der Waals surface area contributed by atoms with Crippen LogP contribution in [0.15, 0.2) is 52.9 Å². The molecule has 0 aliphatic carbocycles. The van der Waals surface area contributed by atoms with Crippen LogP contribution in [0.25, 0.3) is 11.3 Å². The Bertz CT molecular complexity index is 938. The Morgan fingerprint density at radius 3 is 2.64 bits per heavy atom. The molecule has 8 nitrogen and oxygen atoms in total. The number of phenolic OH excluding ortho intramolecular Hbond substituents is 2. The molecule has 3 rings (SSSR count). The van der Waals surface area contributed by atoms with Gasteiger partial charge in [0.2, 0.25) is 5.13 Å². The van der Waals surface area contributed by atoms with E-state index in [2.05, 4.69) is 15.5 Å². The number of hydrazone groups is 1. The van der Waals surface area contributed by atoms with Crippen molar-refractivity contribution in [2.24, 2.45) is 5.10 Å². The largest absolute Gasteiger partial charge is 0.508 e. The highest BCUT2D eigenvalue weighted by molar-refractivity contribution is 7.14. The molecule has 1 aromatic heterocycles. The number of phenols is 2. The second kappa shape index (κ2) is 6.97. The maximum absolute atomic E-state index is 10.7. The van der Waals surface area contributed by atoms with E-state index in [0.29, 0.717) is 16.4 Å². The summed E-state index contributed by atoms with van der Waals surface area (Å²) >= 11 is 1.32. The zero-order valence-electron chi connectivity index (χ0n) is 12.7. The van der Waals surface area contributed by atoms with Gasteiger partial charge in [0.1, 0.15) is 11.5 Å². The smallest absolute Gasteiger partial charge is 0.269 e. The van der Waals surface area contributed by atoms with E-state index in [9.17, 15) is 20.3 Å². The summed E-state index contributed by atoms with van der Waals surface area (Å²) in [7, 11) is 0. The second-order valence-electron chi connectivity index (χ2n) is 4.96. The molecule has 0 saturated carbocycles. The van der Waals surface area contributed by atoms with Crippen molar-refractivity contribution >= 4 is 28.4 Å². The highest BCUT2D eigenvalue weighted by Gasteiger charge is 2.08. The van der Waals surface area contributed by atoms with E-state index in [4.69, 9.17) is 0 Å². The van der Waals surface area contributed by atoms with Crippen LogP contribution in [-0.4, -0.2) is 26.3 Å². The fourth-order valence-electron chi connectivity index (χ4n) is 2.01. The third-order valence-electron chi connectivity index (χ3n) is 3.26. The first-order valence-electron chi connectivity index (χ1n) is 7.04. The summed E-state index contributed by atoms with van der Waals surface area (Å²) in [5, 5.41) is 35.9. The van der Waals surface area contributed by atoms with Crippen molar-refractivity contribution in [2.45, 2.75) is 0 Å². The van der Waals surface area contributed by atoms with Crippen LogP contribution in [0.4, 0.5) is 10.8 Å². The molecule has 3 aromatic rings. The minimum atomic E-state index is -0.453. The third kappa shape index (κ3) is 3.90. The van der Waals surface area contributed by atoms with Gasteiger partial charge in [-0.15, -0.1) is 11.3 Å². The number of hydrogen-bond donors (Lipinski definition) is 3. The zero-order valence-corrected chi connectivity index (χ0v) is 13.5. The summed E-state index contributed by atoms with van der Waals surface area (Å²) in [6.07, 6.45) is 1.40. The van der Waals surface area contributed by atoms with Crippen LogP contribution in [0.2, 0.25) is 0 Å². The monoisotopic (exact) mass is 356 g/mol. The van der Waals surface area contributed by atoms with E-state index in [1.807, 2.05) is 0 Å². The number of nitro groups is 1. The number of thiazole rings is 1. The number of nitro benzene ring substituents is 1. The molecule has 0 aliphatic rings. The Morgan fingerprint density at radius 1 is 1.20 bits per heavy atom. The fraction of sp³-hybridized carbons (Fsp3) is 0. The molecule has 0 bridgehead atoms. The molecule has 0 fully saturated rings. The molecule has 0 amide bonds. The normalized spacial score (nSPS) is 10.9. The molecule has 2 aromatic carbocycles. The van der Waals surface area contributed by atoms with Crippen molar-refractivity contribution in [1.29, 1.82) is 0 Å². The number of rotatable bonds is 5. The van der Waals surface area contributed by atoms with Gasteiger partial charge >= 0.3 is 0 Å². The van der Waals surface area contributed by atoms with E-state index in [0.717, 1.165) is 5.56 Å². The lowest BCUT2D eigenvalue weighted by molar-refractivity contribution is -0.384. The van der Waals surface area contributed by atoms with Crippen molar-refractivity contribution < 1.29 is 15.1 Å². The van der Waals surface area contributed by atoms with Gasteiger partial charge in [-0.05, 0) is 24.3 Å². The van der Waals surface area contributed by atoms with Gasteiger partial charge in [-0.25, -0.2) is 4.98 Å². The first-order chi connectivity index (χ1) is 12.0. The minimum Gasteiger partial charge on any atom is -0.508 e. The van der Waals surface area contributed by atoms with E-state index >= 15 is 0 Å². The molecule has 1 heterocycles. The van der Waals surface area contributed by atoms with Crippen LogP contribution in [-0.2, 0) is 0 Å². The predicted molar refractivity (Wildman–Crippen MR) is 95.2 cm³/mol. The lowest BCUT2D eigenvalue weighted by Gasteiger charge is -1.99. The quantitative estimate of drug-likeness (QED) is 0.365. The number of aromatic hydroxyl groups is 2. The summed E-state index contributed by atoms with van der Waals surface area (Å²) < 4.78 is 0. The Kier molecular flexibility index (Phi) is 4.57. The lowest BCUT2D eigenvalue weighted by atomic mass is 10.1. The van der Waals surface area contributed by atoms with Crippen molar-refractivity contribution in [1.82, 2.24) is 4.98 Å². The highest BCUT2D eigenvalue weighted by Crippen LogP contribution is 2.26. The molecule has 0 radical (unpaired) electrons. The Balaban J connectivity index is 1.69. The van der Waals surface area contributed by atoms with Crippen molar-refractivity contribution in [3.63, 3.8) is 0 Å². The molecule has 0 unspecified atom stereocenters. The molecule has 0 atom stereocenters. The van der Waals surface area contributed by atoms with Crippen LogP contribution >= 0.6 is 11.3 Å². The molecule has 3 N–H and O–H groups in total. The average molecular weight is 356 g/mol. The minimum absolute atomic E-state index is 0.0237. The van der Waals surface area contributed by atoms with Gasteiger partial charge in [0.25, 0.3) is 5.69 Å². The van der Waals surface area contributed by atoms with Gasteiger partial charge < -0.3 is 10.2 Å². The first-order valence-corrected chi connectivity index (χ1v) is 7.92. The molecule has 0 spiro atoms. The molecule has 25 heavy (non-hydrogen) atoms. The van der Waals surface area contributed by atoms with Gasteiger partial charge in [-0.1, -0.05) is 0 Å². The van der Waals surface area contributed by atoms with Crippen LogP contribution in [0, 0.1) is 10.1 Å². The van der Waals surface area contributed by atoms with Crippen LogP contribution in [0.3, 0.4) is 0 Å². The topological polar surface area (TPSA) is 121 Å². The van der Waals surface area contributed by atoms with Crippen LogP contribution in [0.1, 0.15) is 5.56 Å². The third-order valence-corrected chi connectivity index (χ3v) is 4.00. The maximum Gasteiger partial charge on any atom is 0.269 e. The number of benzene rings is 2. The van der Waals surface area contributed by atoms with Gasteiger partial charge in [-0.3, -0.25) is 15.5 Å². The summed E-state index contributed by atoms with van der Waals surface area (Å²) in [5.41, 5.74) is 4.65. The van der Waals surface area contributed by atoms with E-state index < -0.39 is 4.92 Å². The number of aromatic nitrogens is 1. The van der Waals surface area contributed by atoms with Crippen LogP contribution < -0.4 is 5.43 Å². The SMILES string of the molecule is O=[N+]([O-])c1ccc(-c2csc(NN=Cc3ccc(O)cc3O)n2)cc1. The second-order valence-corrected chi connectivity index (χ2v) is 5.81. The average Bonchev–Trinajstić information content (AvgIpc) is 3.06. The van der Waals surface area contributed by atoms with Crippen molar-refractivity contribution in [3.05, 3.63) is 63.5 Å². The van der Waals surface area contributed by atoms with Gasteiger partial charge in [0, 0.05) is 34.7 Å². The van der Waals surface area contributed by atoms with E-state index in [1.165, 1.54) is 47.9 Å². The van der Waals surface area contributed by atoms with E-state index in [1.54, 1.807) is 17.5 Å². The number of anilines is 1. The standard InChI is InChI=1S/C16H12N4O4S/c21-13-6-3-11(15(22)7-13)8-17-19-16-18-14(9-25-16)10-1-4-12(5-2-10)20(23)24/h1-9,21-22H,(H,18,19). The predicted octanol–water partition coefficient (Wildman–Crippen LogP) is 3.58. The van der Waals surface area contributed by atoms with Gasteiger partial charge in [0.05, 0.1) is 16.8 Å². The molecular formula is C16H12N4O4S. The molecule has 126 valence electrons. The maximum atomic E-state index is 10.7. The summed E-state index contributed by atoms with van der Waals surface area (Å²) in [6.45, 7) is 0. The number of hydrogen-bond acceptors (Lipinski definition) is 8. The van der Waals surface area contributed by atoms with Crippen molar-refractivity contribution in [3.8, 4) is 22.8 Å². The zero-order chi connectivity index (χ0) is 17.8. The molecular weight excluding hydrogens is 344 g/mol. The molecule has 0 saturated heterocycles. The first kappa shape index (κ1) is 16.4. The number of nitrogens with zero attached hydrogens (tertiary/aromatic N) is 3. The van der Waals surface area contributed by atoms with Crippen molar-refractivity contribution in [2.75, 3.05) is 5.43 Å². The summed E-state index contributed by atoms with van der Waals surface area (Å²) in [4.78, 5) is 14.6. The summed E-state index contributed by atoms with van der Waals surface area (Å²) in [6, 6.07) is 10.3. The fourth-order valence-corrected chi connectivity index (χ4v) is 2.68. The Morgan fingerprint density at radius 2 is 1.96 bits per heavy atom. The number of nitrogens with one attached hydrogen (secondary N) is 1. The van der Waals surface area contributed by atoms with Gasteiger partial charge in [-0.2, -0.15) is 5.10 Å². The number of non-ortho nitro benzene ring substituents is 1. The molecule has 9 heteroatoms. The summed E-state index contributed by atoms with van der Waals surface area (Å²) in [5.74, 6) is -0.119. The lowest BCUT2D eigenvalue weighted by Crippen LogP contribution is -1.91. The highest BCUT2D eigenvalue weighted by atomic mass is 32.1. The molecule has 0 aliphatic heterocycles. The van der Waals surface area contributed by atoms with E-state index in [-0.39, 0.29) is 17.2 Å². The van der Waals surface area contributed by atoms with Crippen LogP contribution in [0.5, 0.6) is 11.5 Å². The Labute approximate surface area is 145 Å². The Hall–Kier alpha value is -3.46.